The molecule has 0 saturated carbocycles. The maximum absolute atomic E-state index is 5.40. The molecule has 2 N–H and O–H groups in total. The van der Waals surface area contributed by atoms with E-state index in [9.17, 15) is 0 Å². The van der Waals surface area contributed by atoms with Crippen molar-refractivity contribution in [1.29, 1.82) is 0 Å². The summed E-state index contributed by atoms with van der Waals surface area (Å²) in [7, 11) is 0. The molecule has 0 spiro atoms. The zero-order chi connectivity index (χ0) is 8.81. The molecule has 0 amide bonds. The summed E-state index contributed by atoms with van der Waals surface area (Å²) in [5.41, 5.74) is 7.79. The number of nitrogens with zero attached hydrogens (tertiary/aromatic N) is 1. The number of rotatable bonds is 4. The lowest BCUT2D eigenvalue weighted by molar-refractivity contribution is 0.732. The minimum atomic E-state index is 0.784. The zero-order valence-corrected chi connectivity index (χ0v) is 7.59. The maximum Gasteiger partial charge on any atom is 0.0403 e. The Balaban J connectivity index is 2.37. The molecule has 66 valence electrons. The molecule has 0 radical (unpaired) electrons. The van der Waals surface area contributed by atoms with Crippen LogP contribution < -0.4 is 5.73 Å². The Morgan fingerprint density at radius 2 is 2.17 bits per heavy atom. The highest BCUT2D eigenvalue weighted by molar-refractivity contribution is 5.12. The number of hydrogen-bond donors (Lipinski definition) is 1. The Morgan fingerprint density at radius 1 is 1.33 bits per heavy atom. The van der Waals surface area contributed by atoms with E-state index in [1.54, 1.807) is 0 Å². The lowest BCUT2D eigenvalue weighted by atomic mass is 10.1. The van der Waals surface area contributed by atoms with Gasteiger partial charge in [0.15, 0.2) is 0 Å². The van der Waals surface area contributed by atoms with Gasteiger partial charge in [-0.3, -0.25) is 4.98 Å². The van der Waals surface area contributed by atoms with Gasteiger partial charge in [-0.25, -0.2) is 0 Å². The van der Waals surface area contributed by atoms with Crippen LogP contribution >= 0.6 is 0 Å². The topological polar surface area (TPSA) is 38.9 Å². The first-order valence-electron chi connectivity index (χ1n) is 4.44. The van der Waals surface area contributed by atoms with Crippen molar-refractivity contribution < 1.29 is 0 Å². The van der Waals surface area contributed by atoms with Gasteiger partial charge < -0.3 is 5.73 Å². The van der Waals surface area contributed by atoms with Gasteiger partial charge in [0.1, 0.15) is 0 Å². The van der Waals surface area contributed by atoms with Crippen LogP contribution in [0.25, 0.3) is 0 Å². The van der Waals surface area contributed by atoms with Gasteiger partial charge in [-0.05, 0) is 44.4 Å². The minimum Gasteiger partial charge on any atom is -0.330 e. The van der Waals surface area contributed by atoms with Gasteiger partial charge >= 0.3 is 0 Å². The van der Waals surface area contributed by atoms with E-state index in [0.717, 1.165) is 25.8 Å². The summed E-state index contributed by atoms with van der Waals surface area (Å²) in [4.78, 5) is 4.31. The number of aromatic nitrogens is 1. The van der Waals surface area contributed by atoms with E-state index in [2.05, 4.69) is 24.0 Å². The molecule has 0 atom stereocenters. The molecule has 0 aromatic carbocycles. The molecule has 2 heteroatoms. The number of nitrogens with two attached hydrogens (primary N) is 1. The second kappa shape index (κ2) is 4.88. The van der Waals surface area contributed by atoms with Crippen LogP contribution in [0.3, 0.4) is 0 Å². The van der Waals surface area contributed by atoms with Gasteiger partial charge in [-0.1, -0.05) is 6.07 Å². The second-order valence-electron chi connectivity index (χ2n) is 3.07. The van der Waals surface area contributed by atoms with Gasteiger partial charge in [0.25, 0.3) is 0 Å². The van der Waals surface area contributed by atoms with Crippen LogP contribution in [-0.2, 0) is 6.42 Å². The molecule has 0 aliphatic rings. The monoisotopic (exact) mass is 164 g/mol. The summed E-state index contributed by atoms with van der Waals surface area (Å²) >= 11 is 0. The van der Waals surface area contributed by atoms with Gasteiger partial charge in [-0.2, -0.15) is 0 Å². The molecule has 12 heavy (non-hydrogen) atoms. The van der Waals surface area contributed by atoms with Crippen molar-refractivity contribution in [3.8, 4) is 0 Å². The Labute approximate surface area is 73.8 Å². The molecular formula is C10H16N2. The van der Waals surface area contributed by atoms with Crippen LogP contribution in [0.4, 0.5) is 0 Å². The molecule has 1 heterocycles. The Morgan fingerprint density at radius 3 is 2.75 bits per heavy atom. The zero-order valence-electron chi connectivity index (χ0n) is 7.59. The normalized spacial score (nSPS) is 10.2. The fraction of sp³-hybridized carbons (Fsp3) is 0.500. The number of hydrogen-bond acceptors (Lipinski definition) is 2. The highest BCUT2D eigenvalue weighted by atomic mass is 14.7. The Kier molecular flexibility index (Phi) is 3.74. The summed E-state index contributed by atoms with van der Waals surface area (Å²) in [5.74, 6) is 0. The Bertz CT molecular complexity index is 216. The van der Waals surface area contributed by atoms with Crippen molar-refractivity contribution in [2.75, 3.05) is 6.54 Å². The lowest BCUT2D eigenvalue weighted by Gasteiger charge is -1.99. The molecule has 1 aromatic heterocycles. The summed E-state index contributed by atoms with van der Waals surface area (Å²) in [6.45, 7) is 2.84. The first-order valence-corrected chi connectivity index (χ1v) is 4.44. The van der Waals surface area contributed by atoms with Gasteiger partial charge in [-0.15, -0.1) is 0 Å². The molecule has 2 nitrogen and oxygen atoms in total. The molecular weight excluding hydrogens is 148 g/mol. The summed E-state index contributed by atoms with van der Waals surface area (Å²) in [6.07, 6.45) is 5.21. The molecule has 1 aromatic rings. The highest BCUT2D eigenvalue weighted by Gasteiger charge is 1.92. The summed E-state index contributed by atoms with van der Waals surface area (Å²) < 4.78 is 0. The molecule has 0 unspecified atom stereocenters. The molecule has 0 saturated heterocycles. The highest BCUT2D eigenvalue weighted by Crippen LogP contribution is 2.02. The predicted octanol–water partition coefficient (Wildman–Crippen LogP) is 1.67. The van der Waals surface area contributed by atoms with Gasteiger partial charge in [0, 0.05) is 11.9 Å². The molecule has 0 bridgehead atoms. The smallest absolute Gasteiger partial charge is 0.0403 e. The van der Waals surface area contributed by atoms with Crippen LogP contribution in [0.1, 0.15) is 24.1 Å². The molecule has 0 fully saturated rings. The largest absolute Gasteiger partial charge is 0.330 e. The van der Waals surface area contributed by atoms with Crippen molar-refractivity contribution >= 4 is 0 Å². The van der Waals surface area contributed by atoms with Crippen molar-refractivity contribution in [1.82, 2.24) is 4.98 Å². The molecule has 0 aliphatic heterocycles. The van der Waals surface area contributed by atoms with Crippen molar-refractivity contribution in [3.63, 3.8) is 0 Å². The minimum absolute atomic E-state index is 0.784. The van der Waals surface area contributed by atoms with E-state index in [4.69, 9.17) is 5.73 Å². The number of pyridine rings is 1. The molecule has 1 rings (SSSR count). The van der Waals surface area contributed by atoms with Crippen molar-refractivity contribution in [3.05, 3.63) is 29.6 Å². The van der Waals surface area contributed by atoms with Crippen LogP contribution in [0.15, 0.2) is 18.3 Å². The molecule has 0 aliphatic carbocycles. The first-order chi connectivity index (χ1) is 5.83. The number of unbranched alkanes of at least 4 members (excludes halogenated alkanes) is 1. The van der Waals surface area contributed by atoms with E-state index in [-0.39, 0.29) is 0 Å². The van der Waals surface area contributed by atoms with Crippen LogP contribution in [0, 0.1) is 6.92 Å². The standard InChI is InChI=1S/C10H16N2/c1-9-5-6-10(12-8-9)4-2-3-7-11/h5-6,8H,2-4,7,11H2,1H3. The second-order valence-corrected chi connectivity index (χ2v) is 3.07. The third-order valence-electron chi connectivity index (χ3n) is 1.86. The lowest BCUT2D eigenvalue weighted by Crippen LogP contribution is -1.99. The van der Waals surface area contributed by atoms with Crippen LogP contribution in [-0.4, -0.2) is 11.5 Å². The summed E-state index contributed by atoms with van der Waals surface area (Å²) in [5, 5.41) is 0. The average molecular weight is 164 g/mol. The first kappa shape index (κ1) is 9.20. The van der Waals surface area contributed by atoms with E-state index < -0.39 is 0 Å². The third kappa shape index (κ3) is 3.01. The fourth-order valence-electron chi connectivity index (χ4n) is 1.10. The summed E-state index contributed by atoms with van der Waals surface area (Å²) in [6, 6.07) is 4.19. The van der Waals surface area contributed by atoms with E-state index >= 15 is 0 Å². The van der Waals surface area contributed by atoms with Crippen LogP contribution in [0.5, 0.6) is 0 Å². The van der Waals surface area contributed by atoms with Gasteiger partial charge in [0.2, 0.25) is 0 Å². The SMILES string of the molecule is Cc1ccc(CCCCN)nc1. The van der Waals surface area contributed by atoms with Crippen molar-refractivity contribution in [2.24, 2.45) is 5.73 Å². The maximum atomic E-state index is 5.40. The quantitative estimate of drug-likeness (QED) is 0.687. The van der Waals surface area contributed by atoms with E-state index in [1.165, 1.54) is 11.3 Å². The predicted molar refractivity (Wildman–Crippen MR) is 51.0 cm³/mol. The third-order valence-corrected chi connectivity index (χ3v) is 1.86. The van der Waals surface area contributed by atoms with E-state index in [0.29, 0.717) is 0 Å². The number of aryl methyl sites for hydroxylation is 2. The van der Waals surface area contributed by atoms with Gasteiger partial charge in [0.05, 0.1) is 0 Å². The average Bonchev–Trinajstić information content (AvgIpc) is 2.09. The van der Waals surface area contributed by atoms with Crippen molar-refractivity contribution in [2.45, 2.75) is 26.2 Å². The Hall–Kier alpha value is -0.890. The van der Waals surface area contributed by atoms with Crippen LogP contribution in [0.2, 0.25) is 0 Å². The van der Waals surface area contributed by atoms with E-state index in [1.807, 2.05) is 6.20 Å². The fourth-order valence-corrected chi connectivity index (χ4v) is 1.10.